The van der Waals surface area contributed by atoms with Crippen LogP contribution >= 0.6 is 27.5 Å². The molecule has 4 nitrogen and oxygen atoms in total. The van der Waals surface area contributed by atoms with E-state index in [0.29, 0.717) is 0 Å². The molecule has 114 valence electrons. The SMILES string of the molecule is CCn1nc(C)c(Br)c1CC(NN)c1cc(C)cc(Cl)c1. The molecule has 0 aliphatic heterocycles. The van der Waals surface area contributed by atoms with Gasteiger partial charge in [-0.1, -0.05) is 17.7 Å². The average molecular weight is 372 g/mol. The summed E-state index contributed by atoms with van der Waals surface area (Å²) in [5.74, 6) is 5.76. The largest absolute Gasteiger partial charge is 0.271 e. The maximum atomic E-state index is 6.15. The zero-order valence-corrected chi connectivity index (χ0v) is 14.8. The molecule has 0 bridgehead atoms. The highest BCUT2D eigenvalue weighted by Crippen LogP contribution is 2.28. The number of aryl methyl sites for hydroxylation is 3. The molecular formula is C15H20BrClN4. The van der Waals surface area contributed by atoms with Gasteiger partial charge in [-0.2, -0.15) is 5.10 Å². The first-order chi connectivity index (χ1) is 9.96. The van der Waals surface area contributed by atoms with Crippen molar-refractivity contribution in [1.82, 2.24) is 15.2 Å². The lowest BCUT2D eigenvalue weighted by atomic mass is 10.0. The smallest absolute Gasteiger partial charge is 0.0738 e. The Bertz CT molecular complexity index is 619. The van der Waals surface area contributed by atoms with Gasteiger partial charge in [-0.25, -0.2) is 0 Å². The van der Waals surface area contributed by atoms with Gasteiger partial charge in [0.05, 0.1) is 21.9 Å². The lowest BCUT2D eigenvalue weighted by Crippen LogP contribution is -2.30. The van der Waals surface area contributed by atoms with Crippen molar-refractivity contribution >= 4 is 27.5 Å². The summed E-state index contributed by atoms with van der Waals surface area (Å²) in [5.41, 5.74) is 7.22. The van der Waals surface area contributed by atoms with Gasteiger partial charge in [-0.15, -0.1) is 0 Å². The summed E-state index contributed by atoms with van der Waals surface area (Å²) in [6.45, 7) is 6.93. The molecule has 3 N–H and O–H groups in total. The summed E-state index contributed by atoms with van der Waals surface area (Å²) in [6, 6.07) is 5.98. The van der Waals surface area contributed by atoms with E-state index in [-0.39, 0.29) is 6.04 Å². The van der Waals surface area contributed by atoms with Gasteiger partial charge in [0, 0.05) is 18.0 Å². The summed E-state index contributed by atoms with van der Waals surface area (Å²) in [6.07, 6.45) is 0.742. The standard InChI is InChI=1S/C15H20BrClN4/c1-4-21-14(15(16)10(3)20-21)8-13(19-18)11-5-9(2)6-12(17)7-11/h5-7,13,19H,4,8,18H2,1-3H3. The number of nitrogens with one attached hydrogen (secondary N) is 1. The number of aromatic nitrogens is 2. The normalized spacial score (nSPS) is 12.7. The summed E-state index contributed by atoms with van der Waals surface area (Å²) in [4.78, 5) is 0. The highest BCUT2D eigenvalue weighted by molar-refractivity contribution is 9.10. The van der Waals surface area contributed by atoms with E-state index in [1.807, 2.05) is 30.7 Å². The quantitative estimate of drug-likeness (QED) is 0.622. The van der Waals surface area contributed by atoms with Gasteiger partial charge in [0.2, 0.25) is 0 Å². The predicted molar refractivity (Wildman–Crippen MR) is 90.3 cm³/mol. The molecule has 2 aromatic rings. The van der Waals surface area contributed by atoms with Gasteiger partial charge in [0.25, 0.3) is 0 Å². The van der Waals surface area contributed by atoms with Gasteiger partial charge >= 0.3 is 0 Å². The van der Waals surface area contributed by atoms with Crippen LogP contribution in [0.1, 0.15) is 35.5 Å². The molecule has 0 spiro atoms. The molecule has 1 heterocycles. The third kappa shape index (κ3) is 3.66. The van der Waals surface area contributed by atoms with Crippen LogP contribution in [0.25, 0.3) is 0 Å². The number of nitrogens with two attached hydrogens (primary N) is 1. The molecular weight excluding hydrogens is 352 g/mol. The van der Waals surface area contributed by atoms with Crippen molar-refractivity contribution in [2.75, 3.05) is 0 Å². The lowest BCUT2D eigenvalue weighted by molar-refractivity contribution is 0.516. The Hall–Kier alpha value is -0.880. The van der Waals surface area contributed by atoms with Crippen LogP contribution in [-0.2, 0) is 13.0 Å². The zero-order chi connectivity index (χ0) is 15.6. The van der Waals surface area contributed by atoms with Crippen LogP contribution in [0.5, 0.6) is 0 Å². The fraction of sp³-hybridized carbons (Fsp3) is 0.400. The van der Waals surface area contributed by atoms with Crippen LogP contribution in [0.4, 0.5) is 0 Å². The van der Waals surface area contributed by atoms with Crippen LogP contribution < -0.4 is 11.3 Å². The van der Waals surface area contributed by atoms with Gasteiger partial charge in [-0.3, -0.25) is 16.0 Å². The first-order valence-corrected chi connectivity index (χ1v) is 8.08. The van der Waals surface area contributed by atoms with E-state index >= 15 is 0 Å². The van der Waals surface area contributed by atoms with E-state index in [4.69, 9.17) is 17.4 Å². The van der Waals surface area contributed by atoms with Crippen molar-refractivity contribution < 1.29 is 0 Å². The van der Waals surface area contributed by atoms with E-state index in [1.54, 1.807) is 0 Å². The van der Waals surface area contributed by atoms with E-state index in [9.17, 15) is 0 Å². The molecule has 6 heteroatoms. The van der Waals surface area contributed by atoms with Crippen LogP contribution in [0, 0.1) is 13.8 Å². The molecule has 0 saturated heterocycles. The molecule has 0 fully saturated rings. The number of nitrogens with zero attached hydrogens (tertiary/aromatic N) is 2. The Morgan fingerprint density at radius 1 is 1.38 bits per heavy atom. The number of halogens is 2. The lowest BCUT2D eigenvalue weighted by Gasteiger charge is -2.18. The van der Waals surface area contributed by atoms with Crippen LogP contribution in [0.2, 0.25) is 5.02 Å². The zero-order valence-electron chi connectivity index (χ0n) is 12.5. The second-order valence-electron chi connectivity index (χ2n) is 5.15. The summed E-state index contributed by atoms with van der Waals surface area (Å²) in [7, 11) is 0. The molecule has 1 aromatic carbocycles. The second kappa shape index (κ2) is 6.92. The third-order valence-corrected chi connectivity index (χ3v) is 4.77. The molecule has 1 unspecified atom stereocenters. The minimum Gasteiger partial charge on any atom is -0.271 e. The van der Waals surface area contributed by atoms with Crippen LogP contribution in [0.15, 0.2) is 22.7 Å². The predicted octanol–water partition coefficient (Wildman–Crippen LogP) is 3.68. The van der Waals surface area contributed by atoms with Crippen molar-refractivity contribution in [2.45, 2.75) is 39.8 Å². The first kappa shape index (κ1) is 16.5. The monoisotopic (exact) mass is 370 g/mol. The van der Waals surface area contributed by atoms with E-state index in [0.717, 1.165) is 45.0 Å². The highest BCUT2D eigenvalue weighted by atomic mass is 79.9. The fourth-order valence-electron chi connectivity index (χ4n) is 2.50. The van der Waals surface area contributed by atoms with Gasteiger partial charge in [-0.05, 0) is 60.0 Å². The molecule has 0 saturated carbocycles. The molecule has 1 aromatic heterocycles. The summed E-state index contributed by atoms with van der Waals surface area (Å²) in [5, 5.41) is 5.25. The van der Waals surface area contributed by atoms with Gasteiger partial charge in [0.15, 0.2) is 0 Å². The van der Waals surface area contributed by atoms with Gasteiger partial charge in [0.1, 0.15) is 0 Å². The third-order valence-electron chi connectivity index (χ3n) is 3.52. The van der Waals surface area contributed by atoms with Crippen molar-refractivity contribution in [3.05, 3.63) is 50.2 Å². The van der Waals surface area contributed by atoms with Crippen molar-refractivity contribution in [1.29, 1.82) is 0 Å². The first-order valence-electron chi connectivity index (χ1n) is 6.91. The highest BCUT2D eigenvalue weighted by Gasteiger charge is 2.18. The van der Waals surface area contributed by atoms with Crippen molar-refractivity contribution in [3.8, 4) is 0 Å². The molecule has 2 rings (SSSR count). The van der Waals surface area contributed by atoms with Crippen molar-refractivity contribution in [3.63, 3.8) is 0 Å². The molecule has 0 aliphatic carbocycles. The second-order valence-corrected chi connectivity index (χ2v) is 6.38. The Morgan fingerprint density at radius 3 is 2.67 bits per heavy atom. The molecule has 1 atom stereocenters. The Labute approximate surface area is 138 Å². The van der Waals surface area contributed by atoms with Gasteiger partial charge < -0.3 is 0 Å². The maximum absolute atomic E-state index is 6.15. The maximum Gasteiger partial charge on any atom is 0.0738 e. The molecule has 0 radical (unpaired) electrons. The van der Waals surface area contributed by atoms with E-state index in [1.165, 1.54) is 0 Å². The molecule has 0 aliphatic rings. The van der Waals surface area contributed by atoms with Crippen molar-refractivity contribution in [2.24, 2.45) is 5.84 Å². The number of benzene rings is 1. The minimum atomic E-state index is -0.0138. The van der Waals surface area contributed by atoms with Crippen LogP contribution in [0.3, 0.4) is 0 Å². The number of hydrazine groups is 1. The number of hydrogen-bond acceptors (Lipinski definition) is 3. The fourth-order valence-corrected chi connectivity index (χ4v) is 3.24. The van der Waals surface area contributed by atoms with Crippen LogP contribution in [-0.4, -0.2) is 9.78 Å². The van der Waals surface area contributed by atoms with E-state index in [2.05, 4.69) is 39.4 Å². The topological polar surface area (TPSA) is 55.9 Å². The molecule has 0 amide bonds. The average Bonchev–Trinajstić information content (AvgIpc) is 2.70. The Morgan fingerprint density at radius 2 is 2.10 bits per heavy atom. The number of rotatable bonds is 5. The number of hydrogen-bond donors (Lipinski definition) is 2. The Kier molecular flexibility index (Phi) is 5.43. The summed E-state index contributed by atoms with van der Waals surface area (Å²) >= 11 is 9.78. The molecule has 21 heavy (non-hydrogen) atoms. The minimum absolute atomic E-state index is 0.0138. The Balaban J connectivity index is 2.35. The van der Waals surface area contributed by atoms with E-state index < -0.39 is 0 Å². The summed E-state index contributed by atoms with van der Waals surface area (Å²) < 4.78 is 3.05.